The summed E-state index contributed by atoms with van der Waals surface area (Å²) in [6, 6.07) is 5.17. The zero-order chi connectivity index (χ0) is 17.7. The molecule has 7 heteroatoms. The summed E-state index contributed by atoms with van der Waals surface area (Å²) in [4.78, 5) is 18.0. The molecule has 0 aromatic carbocycles. The van der Waals surface area contributed by atoms with E-state index in [0.29, 0.717) is 29.4 Å². The van der Waals surface area contributed by atoms with E-state index in [9.17, 15) is 9.00 Å². The van der Waals surface area contributed by atoms with E-state index in [1.165, 1.54) is 6.20 Å². The molecule has 0 unspecified atom stereocenters. The maximum Gasteiger partial charge on any atom is 0.410 e. The number of nitrogens with zero attached hydrogens (tertiary/aromatic N) is 3. The Bertz CT molecular complexity index is 664. The van der Waals surface area contributed by atoms with Crippen molar-refractivity contribution >= 4 is 16.9 Å². The lowest BCUT2D eigenvalue weighted by atomic mass is 10.0. The van der Waals surface area contributed by atoms with Gasteiger partial charge in [-0.1, -0.05) is 0 Å². The molecule has 2 heterocycles. The number of nitriles is 1. The Hall–Kier alpha value is -1.94. The first-order valence-corrected chi connectivity index (χ1v) is 9.33. The monoisotopic (exact) mass is 349 g/mol. The lowest BCUT2D eigenvalue weighted by molar-refractivity contribution is 0.0176. The third kappa shape index (κ3) is 5.31. The zero-order valence-electron chi connectivity index (χ0n) is 14.3. The number of hydrogen-bond acceptors (Lipinski definition) is 5. The van der Waals surface area contributed by atoms with Gasteiger partial charge < -0.3 is 9.64 Å². The van der Waals surface area contributed by atoms with Crippen molar-refractivity contribution < 1.29 is 13.7 Å². The average Bonchev–Trinajstić information content (AvgIpc) is 2.53. The highest BCUT2D eigenvalue weighted by atomic mass is 32.2. The van der Waals surface area contributed by atoms with Gasteiger partial charge in [-0.3, -0.25) is 4.21 Å². The molecule has 6 nitrogen and oxygen atoms in total. The minimum absolute atomic E-state index is 0.139. The number of hydrogen-bond donors (Lipinski definition) is 0. The van der Waals surface area contributed by atoms with E-state index in [0.717, 1.165) is 12.8 Å². The van der Waals surface area contributed by atoms with Crippen LogP contribution in [-0.2, 0) is 15.5 Å². The van der Waals surface area contributed by atoms with Crippen molar-refractivity contribution in [1.82, 2.24) is 9.88 Å². The Morgan fingerprint density at radius 2 is 2.29 bits per heavy atom. The SMILES string of the molecule is CC(C)(C)OC(=O)N1CCC[C@@H](C[S@](=O)c2cc(C#N)ccn2)C1. The molecule has 0 aliphatic carbocycles. The molecule has 24 heavy (non-hydrogen) atoms. The number of aromatic nitrogens is 1. The molecule has 0 bridgehead atoms. The van der Waals surface area contributed by atoms with Crippen LogP contribution in [0.4, 0.5) is 4.79 Å². The summed E-state index contributed by atoms with van der Waals surface area (Å²) in [6.07, 6.45) is 2.97. The summed E-state index contributed by atoms with van der Waals surface area (Å²) in [5.41, 5.74) is -0.0681. The Labute approximate surface area is 145 Å². The molecule has 1 aromatic rings. The topological polar surface area (TPSA) is 83.3 Å². The molecule has 2 rings (SSSR count). The van der Waals surface area contributed by atoms with Crippen molar-refractivity contribution in [1.29, 1.82) is 5.26 Å². The van der Waals surface area contributed by atoms with Crippen LogP contribution in [0.1, 0.15) is 39.2 Å². The second kappa shape index (κ2) is 7.75. The largest absolute Gasteiger partial charge is 0.444 e. The van der Waals surface area contributed by atoms with Crippen molar-refractivity contribution in [3.05, 3.63) is 23.9 Å². The van der Waals surface area contributed by atoms with Crippen molar-refractivity contribution in [3.63, 3.8) is 0 Å². The van der Waals surface area contributed by atoms with E-state index in [2.05, 4.69) is 4.98 Å². The molecule has 2 atom stereocenters. The van der Waals surface area contributed by atoms with Crippen LogP contribution in [-0.4, -0.2) is 44.6 Å². The van der Waals surface area contributed by atoms with Gasteiger partial charge in [-0.05, 0) is 51.7 Å². The molecule has 1 fully saturated rings. The summed E-state index contributed by atoms with van der Waals surface area (Å²) in [5.74, 6) is 0.570. The van der Waals surface area contributed by atoms with E-state index in [-0.39, 0.29) is 12.0 Å². The minimum Gasteiger partial charge on any atom is -0.444 e. The summed E-state index contributed by atoms with van der Waals surface area (Å²) in [5, 5.41) is 9.34. The van der Waals surface area contributed by atoms with Gasteiger partial charge in [0, 0.05) is 25.0 Å². The van der Waals surface area contributed by atoms with Gasteiger partial charge in [0.05, 0.1) is 22.4 Å². The maximum absolute atomic E-state index is 12.5. The normalized spacial score (nSPS) is 19.4. The first kappa shape index (κ1) is 18.4. The molecule has 1 saturated heterocycles. The fraction of sp³-hybridized carbons (Fsp3) is 0.588. The highest BCUT2D eigenvalue weighted by Gasteiger charge is 2.28. The smallest absolute Gasteiger partial charge is 0.410 e. The lowest BCUT2D eigenvalue weighted by Gasteiger charge is -2.33. The number of carbonyl (C=O) groups is 1. The van der Waals surface area contributed by atoms with Gasteiger partial charge in [0.2, 0.25) is 0 Å². The maximum atomic E-state index is 12.5. The third-order valence-corrected chi connectivity index (χ3v) is 5.12. The predicted molar refractivity (Wildman–Crippen MR) is 90.8 cm³/mol. The highest BCUT2D eigenvalue weighted by molar-refractivity contribution is 7.84. The molecule has 0 radical (unpaired) electrons. The van der Waals surface area contributed by atoms with Gasteiger partial charge in [-0.25, -0.2) is 9.78 Å². The Kier molecular flexibility index (Phi) is 5.94. The number of rotatable bonds is 3. The summed E-state index contributed by atoms with van der Waals surface area (Å²) < 4.78 is 17.9. The predicted octanol–water partition coefficient (Wildman–Crippen LogP) is 2.71. The van der Waals surface area contributed by atoms with Crippen LogP contribution in [0, 0.1) is 17.2 Å². The van der Waals surface area contributed by atoms with Crippen LogP contribution in [0.15, 0.2) is 23.4 Å². The highest BCUT2D eigenvalue weighted by Crippen LogP contribution is 2.21. The quantitative estimate of drug-likeness (QED) is 0.838. The van der Waals surface area contributed by atoms with E-state index in [4.69, 9.17) is 10.00 Å². The molecule has 0 N–H and O–H groups in total. The van der Waals surface area contributed by atoms with Crippen LogP contribution in [0.5, 0.6) is 0 Å². The molecular formula is C17H23N3O3S. The Morgan fingerprint density at radius 3 is 2.96 bits per heavy atom. The molecule has 1 aliphatic rings. The second-order valence-corrected chi connectivity index (χ2v) is 8.38. The average molecular weight is 349 g/mol. The zero-order valence-corrected chi connectivity index (χ0v) is 15.1. The van der Waals surface area contributed by atoms with E-state index >= 15 is 0 Å². The fourth-order valence-electron chi connectivity index (χ4n) is 2.60. The van der Waals surface area contributed by atoms with Crippen LogP contribution >= 0.6 is 0 Å². The van der Waals surface area contributed by atoms with Crippen LogP contribution < -0.4 is 0 Å². The Morgan fingerprint density at radius 1 is 1.54 bits per heavy atom. The van der Waals surface area contributed by atoms with E-state index in [1.807, 2.05) is 26.8 Å². The summed E-state index contributed by atoms with van der Waals surface area (Å²) >= 11 is 0. The second-order valence-electron chi connectivity index (χ2n) is 6.94. The van der Waals surface area contributed by atoms with Gasteiger partial charge in [0.1, 0.15) is 10.6 Å². The summed E-state index contributed by atoms with van der Waals surface area (Å²) in [7, 11) is -1.28. The van der Waals surface area contributed by atoms with Crippen LogP contribution in [0.3, 0.4) is 0 Å². The number of carbonyl (C=O) groups excluding carboxylic acids is 1. The van der Waals surface area contributed by atoms with E-state index < -0.39 is 16.4 Å². The molecular weight excluding hydrogens is 326 g/mol. The summed E-state index contributed by atoms with van der Waals surface area (Å²) in [6.45, 7) is 6.73. The minimum atomic E-state index is -1.28. The van der Waals surface area contributed by atoms with Gasteiger partial charge in [0.25, 0.3) is 0 Å². The number of ether oxygens (including phenoxy) is 1. The van der Waals surface area contributed by atoms with E-state index in [1.54, 1.807) is 17.0 Å². The first-order chi connectivity index (χ1) is 11.3. The van der Waals surface area contributed by atoms with Crippen molar-refractivity contribution in [2.75, 3.05) is 18.8 Å². The number of likely N-dealkylation sites (tertiary alicyclic amines) is 1. The van der Waals surface area contributed by atoms with Gasteiger partial charge in [-0.2, -0.15) is 5.26 Å². The molecule has 1 aromatic heterocycles. The van der Waals surface area contributed by atoms with Crippen LogP contribution in [0.25, 0.3) is 0 Å². The van der Waals surface area contributed by atoms with Crippen molar-refractivity contribution in [2.24, 2.45) is 5.92 Å². The standard InChI is InChI=1S/C17H23N3O3S/c1-17(2,3)23-16(21)20-8-4-5-14(11-20)12-24(22)15-9-13(10-18)6-7-19-15/h6-7,9,14H,4-5,8,11-12H2,1-3H3/t14-,24+/m1/s1. The lowest BCUT2D eigenvalue weighted by Crippen LogP contribution is -2.44. The molecule has 0 spiro atoms. The first-order valence-electron chi connectivity index (χ1n) is 8.01. The Balaban J connectivity index is 1.96. The van der Waals surface area contributed by atoms with Gasteiger partial charge in [0.15, 0.2) is 0 Å². The van der Waals surface area contributed by atoms with Crippen molar-refractivity contribution in [2.45, 2.75) is 44.2 Å². The molecule has 130 valence electrons. The van der Waals surface area contributed by atoms with Crippen LogP contribution in [0.2, 0.25) is 0 Å². The third-order valence-electron chi connectivity index (χ3n) is 3.65. The molecule has 0 saturated carbocycles. The molecule has 1 aliphatic heterocycles. The van der Waals surface area contributed by atoms with Gasteiger partial charge in [-0.15, -0.1) is 0 Å². The number of pyridine rings is 1. The number of piperidine rings is 1. The number of amides is 1. The molecule has 1 amide bonds. The van der Waals surface area contributed by atoms with Crippen molar-refractivity contribution in [3.8, 4) is 6.07 Å². The fourth-order valence-corrected chi connectivity index (χ4v) is 3.90. The van der Waals surface area contributed by atoms with Gasteiger partial charge >= 0.3 is 6.09 Å².